The Morgan fingerprint density at radius 3 is 2.59 bits per heavy atom. The van der Waals surface area contributed by atoms with Crippen LogP contribution in [0.25, 0.3) is 11.2 Å². The highest BCUT2D eigenvalue weighted by Gasteiger charge is 2.23. The van der Waals surface area contributed by atoms with Gasteiger partial charge in [0.05, 0.1) is 13.1 Å². The van der Waals surface area contributed by atoms with E-state index in [1.807, 2.05) is 13.0 Å². The Bertz CT molecular complexity index is 1660. The summed E-state index contributed by atoms with van der Waals surface area (Å²) in [6, 6.07) is 17.2. The molecule has 2 aromatic carbocycles. The predicted molar refractivity (Wildman–Crippen MR) is 143 cm³/mol. The number of nitrogens with zero attached hydrogens (tertiary/aromatic N) is 5. The molecule has 37 heavy (non-hydrogen) atoms. The van der Waals surface area contributed by atoms with E-state index in [1.54, 1.807) is 0 Å². The lowest BCUT2D eigenvalue weighted by molar-refractivity contribution is 0.381. The maximum atomic E-state index is 11.6. The van der Waals surface area contributed by atoms with Gasteiger partial charge >= 0.3 is 5.76 Å². The van der Waals surface area contributed by atoms with Crippen molar-refractivity contribution in [3.05, 3.63) is 98.7 Å². The molecule has 1 aliphatic heterocycles. The number of rotatable bonds is 6. The van der Waals surface area contributed by atoms with Crippen LogP contribution in [0.4, 0.5) is 11.4 Å². The smallest absolute Gasteiger partial charge is 0.333 e. The number of H-pyrrole nitrogens is 1. The zero-order chi connectivity index (χ0) is 25.5. The summed E-state index contributed by atoms with van der Waals surface area (Å²) >= 11 is 0. The highest BCUT2D eigenvalue weighted by Crippen LogP contribution is 2.37. The van der Waals surface area contributed by atoms with Crippen LogP contribution in [-0.4, -0.2) is 24.7 Å². The largest absolute Gasteiger partial charge is 0.438 e. The summed E-state index contributed by atoms with van der Waals surface area (Å²) < 4.78 is 7.05. The van der Waals surface area contributed by atoms with E-state index < -0.39 is 5.76 Å². The van der Waals surface area contributed by atoms with E-state index in [-0.39, 0.29) is 0 Å². The Morgan fingerprint density at radius 1 is 0.973 bits per heavy atom. The fourth-order valence-corrected chi connectivity index (χ4v) is 5.45. The number of aryl methyl sites for hydroxylation is 5. The van der Waals surface area contributed by atoms with Crippen LogP contribution in [0.15, 0.2) is 57.8 Å². The maximum absolute atomic E-state index is 11.6. The minimum absolute atomic E-state index is 0.421. The number of pyridine rings is 1. The topological polar surface area (TPSA) is 92.8 Å². The van der Waals surface area contributed by atoms with E-state index in [4.69, 9.17) is 14.5 Å². The molecule has 1 N–H and O–H groups in total. The summed E-state index contributed by atoms with van der Waals surface area (Å²) in [4.78, 5) is 26.4. The van der Waals surface area contributed by atoms with Gasteiger partial charge in [-0.15, -0.1) is 0 Å². The second kappa shape index (κ2) is 9.35. The molecule has 4 heterocycles. The second-order valence-electron chi connectivity index (χ2n) is 9.84. The van der Waals surface area contributed by atoms with Crippen LogP contribution in [0.5, 0.6) is 0 Å². The van der Waals surface area contributed by atoms with Crippen LogP contribution in [0.1, 0.15) is 52.9 Å². The molecular formula is C29H30N6O2. The van der Waals surface area contributed by atoms with Gasteiger partial charge in [-0.2, -0.15) is 0 Å². The van der Waals surface area contributed by atoms with Gasteiger partial charge in [-0.3, -0.25) is 9.51 Å². The van der Waals surface area contributed by atoms with Crippen LogP contribution >= 0.6 is 0 Å². The van der Waals surface area contributed by atoms with E-state index in [2.05, 4.69) is 75.9 Å². The first kappa shape index (κ1) is 23.2. The minimum atomic E-state index is -0.539. The molecule has 0 fully saturated rings. The molecule has 0 atom stereocenters. The summed E-state index contributed by atoms with van der Waals surface area (Å²) in [6.07, 6.45) is 3.81. The summed E-state index contributed by atoms with van der Waals surface area (Å²) in [5.41, 5.74) is 10.1. The van der Waals surface area contributed by atoms with Gasteiger partial charge in [0.15, 0.2) is 11.5 Å². The zero-order valence-electron chi connectivity index (χ0n) is 21.4. The molecule has 0 saturated carbocycles. The number of hydrogen-bond donors (Lipinski definition) is 1. The molecule has 0 aliphatic carbocycles. The fourth-order valence-electron chi connectivity index (χ4n) is 5.45. The van der Waals surface area contributed by atoms with Gasteiger partial charge in [-0.1, -0.05) is 42.4 Å². The predicted octanol–water partition coefficient (Wildman–Crippen LogP) is 5.16. The van der Waals surface area contributed by atoms with E-state index in [0.29, 0.717) is 12.4 Å². The SMILES string of the molecule is CCCc1nc2c(C)cc(C)nc2n1Cc1ccc2c(c1)CCc1ccccc1N2Cc1noc(=O)[nH]1. The van der Waals surface area contributed by atoms with Crippen molar-refractivity contribution in [2.24, 2.45) is 0 Å². The Balaban J connectivity index is 1.41. The molecule has 0 bridgehead atoms. The van der Waals surface area contributed by atoms with Crippen LogP contribution < -0.4 is 10.7 Å². The first-order chi connectivity index (χ1) is 18.0. The van der Waals surface area contributed by atoms with Crippen molar-refractivity contribution >= 4 is 22.5 Å². The maximum Gasteiger partial charge on any atom is 0.438 e. The van der Waals surface area contributed by atoms with E-state index in [1.165, 1.54) is 22.3 Å². The van der Waals surface area contributed by atoms with Crippen molar-refractivity contribution in [3.63, 3.8) is 0 Å². The molecule has 188 valence electrons. The Hall–Kier alpha value is -4.20. The minimum Gasteiger partial charge on any atom is -0.333 e. The third-order valence-electron chi connectivity index (χ3n) is 7.09. The molecule has 0 saturated heterocycles. The number of anilines is 2. The number of imidazole rings is 1. The Morgan fingerprint density at radius 2 is 1.78 bits per heavy atom. The summed E-state index contributed by atoms with van der Waals surface area (Å²) in [7, 11) is 0. The number of fused-ring (bicyclic) bond motifs is 3. The summed E-state index contributed by atoms with van der Waals surface area (Å²) in [5.74, 6) is 1.04. The summed E-state index contributed by atoms with van der Waals surface area (Å²) in [5, 5.41) is 3.92. The third kappa shape index (κ3) is 4.33. The third-order valence-corrected chi connectivity index (χ3v) is 7.09. The van der Waals surface area contributed by atoms with Gasteiger partial charge in [0.2, 0.25) is 0 Å². The van der Waals surface area contributed by atoms with Gasteiger partial charge in [0, 0.05) is 23.5 Å². The van der Waals surface area contributed by atoms with Crippen molar-refractivity contribution in [1.82, 2.24) is 24.7 Å². The van der Waals surface area contributed by atoms with Crippen LogP contribution in [0, 0.1) is 13.8 Å². The molecule has 1 aliphatic rings. The number of para-hydroxylation sites is 1. The van der Waals surface area contributed by atoms with Crippen molar-refractivity contribution in [2.45, 2.75) is 59.5 Å². The van der Waals surface area contributed by atoms with Crippen molar-refractivity contribution in [3.8, 4) is 0 Å². The van der Waals surface area contributed by atoms with E-state index in [0.717, 1.165) is 66.3 Å². The zero-order valence-corrected chi connectivity index (χ0v) is 21.4. The quantitative estimate of drug-likeness (QED) is 0.350. The first-order valence-electron chi connectivity index (χ1n) is 12.9. The molecule has 8 nitrogen and oxygen atoms in total. The lowest BCUT2D eigenvalue weighted by Gasteiger charge is -2.26. The highest BCUT2D eigenvalue weighted by molar-refractivity contribution is 5.76. The average molecular weight is 495 g/mol. The fraction of sp³-hybridized carbons (Fsp3) is 0.310. The van der Waals surface area contributed by atoms with E-state index in [9.17, 15) is 4.79 Å². The number of aromatic amines is 1. The number of nitrogens with one attached hydrogen (secondary N) is 1. The first-order valence-corrected chi connectivity index (χ1v) is 12.9. The highest BCUT2D eigenvalue weighted by atomic mass is 16.5. The van der Waals surface area contributed by atoms with E-state index >= 15 is 0 Å². The van der Waals surface area contributed by atoms with Crippen LogP contribution in [0.2, 0.25) is 0 Å². The van der Waals surface area contributed by atoms with Crippen LogP contribution in [0.3, 0.4) is 0 Å². The van der Waals surface area contributed by atoms with Crippen molar-refractivity contribution < 1.29 is 4.52 Å². The molecule has 0 unspecified atom stereocenters. The normalized spacial score (nSPS) is 13.0. The molecule has 6 rings (SSSR count). The Kier molecular flexibility index (Phi) is 5.87. The molecule has 0 spiro atoms. The van der Waals surface area contributed by atoms with Gasteiger partial charge in [0.25, 0.3) is 0 Å². The monoisotopic (exact) mass is 494 g/mol. The number of benzene rings is 2. The number of aromatic nitrogens is 5. The molecule has 5 aromatic rings. The van der Waals surface area contributed by atoms with Crippen molar-refractivity contribution in [2.75, 3.05) is 4.90 Å². The van der Waals surface area contributed by atoms with Crippen LogP contribution in [-0.2, 0) is 32.4 Å². The Labute approximate surface area is 215 Å². The summed E-state index contributed by atoms with van der Waals surface area (Å²) in [6.45, 7) is 7.48. The van der Waals surface area contributed by atoms with Crippen molar-refractivity contribution in [1.29, 1.82) is 0 Å². The lowest BCUT2D eigenvalue weighted by Crippen LogP contribution is -2.19. The molecule has 0 radical (unpaired) electrons. The van der Waals surface area contributed by atoms with Gasteiger partial charge in [-0.05, 0) is 73.6 Å². The molecule has 8 heteroatoms. The van der Waals surface area contributed by atoms with Gasteiger partial charge < -0.3 is 9.47 Å². The van der Waals surface area contributed by atoms with Gasteiger partial charge in [-0.25, -0.2) is 14.8 Å². The molecule has 0 amide bonds. The lowest BCUT2D eigenvalue weighted by atomic mass is 10.0. The average Bonchev–Trinajstić information content (AvgIpc) is 3.40. The molecular weight excluding hydrogens is 464 g/mol. The standard InChI is InChI=1S/C29H30N6O2/c1-4-7-26-32-27-18(2)14-19(3)30-28(27)35(26)16-20-10-13-24-22(15-20)12-11-21-8-5-6-9-23(21)34(24)17-25-31-29(36)37-33-25/h5-6,8-10,13-15H,4,7,11-12,16-17H2,1-3H3,(H,31,33,36). The molecule has 3 aromatic heterocycles. The number of hydrogen-bond acceptors (Lipinski definition) is 6. The van der Waals surface area contributed by atoms with Gasteiger partial charge in [0.1, 0.15) is 11.3 Å². The second-order valence-corrected chi connectivity index (χ2v) is 9.84.